The maximum atomic E-state index is 5.57. The number of methoxy groups -OCH3 is 1. The Hall–Kier alpha value is -2.82. The summed E-state index contributed by atoms with van der Waals surface area (Å²) in [5.74, 6) is 3.65. The van der Waals surface area contributed by atoms with Crippen molar-refractivity contribution < 1.29 is 4.74 Å². The number of hydrogen-bond acceptors (Lipinski definition) is 5. The van der Waals surface area contributed by atoms with Crippen molar-refractivity contribution in [3.63, 3.8) is 0 Å². The second kappa shape index (κ2) is 7.54. The van der Waals surface area contributed by atoms with Crippen molar-refractivity contribution in [3.05, 3.63) is 53.9 Å². The van der Waals surface area contributed by atoms with Crippen molar-refractivity contribution in [3.8, 4) is 5.75 Å². The summed E-state index contributed by atoms with van der Waals surface area (Å²) < 4.78 is 5.57. The second-order valence-corrected chi connectivity index (χ2v) is 8.03. The molecule has 5 nitrogen and oxygen atoms in total. The number of ether oxygens (including phenoxy) is 1. The quantitative estimate of drug-likeness (QED) is 0.648. The van der Waals surface area contributed by atoms with Crippen molar-refractivity contribution >= 4 is 22.4 Å². The molecule has 0 atom stereocenters. The highest BCUT2D eigenvalue weighted by Gasteiger charge is 2.29. The molecule has 0 unspecified atom stereocenters. The molecule has 0 bridgehead atoms. The lowest BCUT2D eigenvalue weighted by Gasteiger charge is -2.37. The van der Waals surface area contributed by atoms with E-state index < -0.39 is 0 Å². The number of benzene rings is 2. The van der Waals surface area contributed by atoms with Gasteiger partial charge in [-0.1, -0.05) is 25.1 Å². The van der Waals surface area contributed by atoms with Gasteiger partial charge in [0.2, 0.25) is 0 Å². The smallest absolute Gasteiger partial charge is 0.142 e. The zero-order chi connectivity index (χ0) is 19.8. The first-order chi connectivity index (χ1) is 14.3. The van der Waals surface area contributed by atoms with Crippen LogP contribution in [0.2, 0.25) is 0 Å². The van der Waals surface area contributed by atoms with E-state index in [4.69, 9.17) is 14.7 Å². The zero-order valence-corrected chi connectivity index (χ0v) is 17.3. The van der Waals surface area contributed by atoms with Gasteiger partial charge in [0.05, 0.1) is 18.3 Å². The highest BCUT2D eigenvalue weighted by Crippen LogP contribution is 2.40. The maximum Gasteiger partial charge on any atom is 0.142 e. The molecule has 5 heteroatoms. The summed E-state index contributed by atoms with van der Waals surface area (Å²) in [4.78, 5) is 14.8. The summed E-state index contributed by atoms with van der Waals surface area (Å²) in [5, 5.41) is 1.19. The molecule has 29 heavy (non-hydrogen) atoms. The molecular formula is C24H28N4O. The first-order valence-corrected chi connectivity index (χ1v) is 10.7. The minimum atomic E-state index is 0.555. The highest BCUT2D eigenvalue weighted by molar-refractivity contribution is 5.90. The molecule has 1 saturated heterocycles. The van der Waals surface area contributed by atoms with Crippen LogP contribution in [0.1, 0.15) is 37.1 Å². The van der Waals surface area contributed by atoms with E-state index in [1.807, 2.05) is 12.1 Å². The molecule has 2 fully saturated rings. The maximum absolute atomic E-state index is 5.57. The van der Waals surface area contributed by atoms with E-state index in [9.17, 15) is 0 Å². The Bertz CT molecular complexity index is 1020. The van der Waals surface area contributed by atoms with Crippen LogP contribution < -0.4 is 14.5 Å². The number of para-hydroxylation sites is 2. The fourth-order valence-electron chi connectivity index (χ4n) is 4.21. The van der Waals surface area contributed by atoms with Crippen LogP contribution in [0.3, 0.4) is 0 Å². The SMILES string of the molecule is CCc1ccc2nc(C3CC3)nc(N3CCN(c4ccccc4OC)CC3)c2c1. The minimum absolute atomic E-state index is 0.555. The van der Waals surface area contributed by atoms with Crippen LogP contribution in [0, 0.1) is 0 Å². The summed E-state index contributed by atoms with van der Waals surface area (Å²) in [6, 6.07) is 15.0. The van der Waals surface area contributed by atoms with Crippen molar-refractivity contribution in [1.29, 1.82) is 0 Å². The van der Waals surface area contributed by atoms with Crippen LogP contribution in [0.15, 0.2) is 42.5 Å². The third-order valence-electron chi connectivity index (χ3n) is 6.11. The zero-order valence-electron chi connectivity index (χ0n) is 17.3. The van der Waals surface area contributed by atoms with Gasteiger partial charge in [-0.25, -0.2) is 9.97 Å². The van der Waals surface area contributed by atoms with E-state index in [-0.39, 0.29) is 0 Å². The predicted octanol–water partition coefficient (Wildman–Crippen LogP) is 4.40. The predicted molar refractivity (Wildman–Crippen MR) is 118 cm³/mol. The van der Waals surface area contributed by atoms with E-state index in [2.05, 4.69) is 47.1 Å². The average molecular weight is 389 g/mol. The Morgan fingerprint density at radius 2 is 1.72 bits per heavy atom. The minimum Gasteiger partial charge on any atom is -0.495 e. The van der Waals surface area contributed by atoms with Gasteiger partial charge in [-0.3, -0.25) is 0 Å². The van der Waals surface area contributed by atoms with E-state index in [0.29, 0.717) is 5.92 Å². The van der Waals surface area contributed by atoms with Crippen LogP contribution in [0.5, 0.6) is 5.75 Å². The molecule has 1 aliphatic carbocycles. The van der Waals surface area contributed by atoms with Crippen LogP contribution in [0.25, 0.3) is 10.9 Å². The van der Waals surface area contributed by atoms with E-state index in [1.165, 1.54) is 29.5 Å². The molecule has 2 aromatic carbocycles. The molecule has 2 aliphatic rings. The van der Waals surface area contributed by atoms with Crippen molar-refractivity contribution in [2.24, 2.45) is 0 Å². The molecule has 0 amide bonds. The summed E-state index contributed by atoms with van der Waals surface area (Å²) in [7, 11) is 1.74. The topological polar surface area (TPSA) is 41.5 Å². The summed E-state index contributed by atoms with van der Waals surface area (Å²) >= 11 is 0. The number of rotatable bonds is 5. The Morgan fingerprint density at radius 1 is 0.966 bits per heavy atom. The Balaban J connectivity index is 1.45. The standard InChI is InChI=1S/C24H28N4O/c1-3-17-8-11-20-19(16-17)24(26-23(25-20)18-9-10-18)28-14-12-27(13-15-28)21-6-4-5-7-22(21)29-2/h4-8,11,16,18H,3,9-10,12-15H2,1-2H3. The van der Waals surface area contributed by atoms with Gasteiger partial charge in [0, 0.05) is 37.5 Å². The Morgan fingerprint density at radius 3 is 2.45 bits per heavy atom. The number of aromatic nitrogens is 2. The lowest BCUT2D eigenvalue weighted by atomic mass is 10.1. The first-order valence-electron chi connectivity index (χ1n) is 10.7. The molecule has 2 heterocycles. The largest absolute Gasteiger partial charge is 0.495 e. The normalized spacial score (nSPS) is 17.0. The fraction of sp³-hybridized carbons (Fsp3) is 0.417. The summed E-state index contributed by atoms with van der Waals surface area (Å²) in [5.41, 5.74) is 3.60. The van der Waals surface area contributed by atoms with Gasteiger partial charge in [0.1, 0.15) is 17.4 Å². The van der Waals surface area contributed by atoms with Crippen molar-refractivity contribution in [1.82, 2.24) is 9.97 Å². The van der Waals surface area contributed by atoms with Crippen LogP contribution in [-0.2, 0) is 6.42 Å². The lowest BCUT2D eigenvalue weighted by Crippen LogP contribution is -2.47. The van der Waals surface area contributed by atoms with Gasteiger partial charge in [0.15, 0.2) is 0 Å². The van der Waals surface area contributed by atoms with Gasteiger partial charge in [-0.2, -0.15) is 0 Å². The monoisotopic (exact) mass is 388 g/mol. The number of fused-ring (bicyclic) bond motifs is 1. The molecule has 150 valence electrons. The Kier molecular flexibility index (Phi) is 4.74. The van der Waals surface area contributed by atoms with Gasteiger partial charge in [-0.15, -0.1) is 0 Å². The van der Waals surface area contributed by atoms with Crippen molar-refractivity contribution in [2.45, 2.75) is 32.1 Å². The fourth-order valence-corrected chi connectivity index (χ4v) is 4.21. The summed E-state index contributed by atoms with van der Waals surface area (Å²) in [6.45, 7) is 6.01. The number of piperazine rings is 1. The number of hydrogen-bond donors (Lipinski definition) is 0. The van der Waals surface area contributed by atoms with Crippen LogP contribution in [0.4, 0.5) is 11.5 Å². The van der Waals surface area contributed by atoms with E-state index in [0.717, 1.165) is 55.5 Å². The number of nitrogens with zero attached hydrogens (tertiary/aromatic N) is 4. The van der Waals surface area contributed by atoms with Gasteiger partial charge in [0.25, 0.3) is 0 Å². The van der Waals surface area contributed by atoms with Crippen LogP contribution >= 0.6 is 0 Å². The number of aryl methyl sites for hydroxylation is 1. The molecular weight excluding hydrogens is 360 g/mol. The summed E-state index contributed by atoms with van der Waals surface area (Å²) in [6.07, 6.45) is 3.47. The molecule has 0 radical (unpaired) electrons. The third-order valence-corrected chi connectivity index (χ3v) is 6.11. The third kappa shape index (κ3) is 3.50. The first kappa shape index (κ1) is 18.2. The van der Waals surface area contributed by atoms with Crippen molar-refractivity contribution in [2.75, 3.05) is 43.1 Å². The molecule has 1 aromatic heterocycles. The molecule has 1 saturated carbocycles. The van der Waals surface area contributed by atoms with E-state index in [1.54, 1.807) is 7.11 Å². The lowest BCUT2D eigenvalue weighted by molar-refractivity contribution is 0.413. The second-order valence-electron chi connectivity index (χ2n) is 8.03. The molecule has 0 N–H and O–H groups in total. The van der Waals surface area contributed by atoms with Crippen LogP contribution in [-0.4, -0.2) is 43.3 Å². The molecule has 3 aromatic rings. The Labute approximate surface area is 172 Å². The molecule has 0 spiro atoms. The molecule has 1 aliphatic heterocycles. The van der Waals surface area contributed by atoms with E-state index >= 15 is 0 Å². The highest BCUT2D eigenvalue weighted by atomic mass is 16.5. The van der Waals surface area contributed by atoms with Gasteiger partial charge < -0.3 is 14.5 Å². The molecule has 5 rings (SSSR count). The average Bonchev–Trinajstić information content (AvgIpc) is 3.63. The van der Waals surface area contributed by atoms with Gasteiger partial charge in [-0.05, 0) is 49.1 Å². The number of anilines is 2. The van der Waals surface area contributed by atoms with Gasteiger partial charge >= 0.3 is 0 Å².